The summed E-state index contributed by atoms with van der Waals surface area (Å²) in [5, 5.41) is 8.19. The standard InChI is InChI=1S/C21H20FN5O3S/c1-30-17-4-2-3-15(22)14(17)11-24-19(28)20(29)27-9-7-13-5-6-18(25-16(13)12-27)26-21-23-8-10-31-21/h2-6,8,10H,7,9,11-12H2,1H3,(H,24,28)(H,23,25,26). The molecule has 2 N–H and O–H groups in total. The predicted octanol–water partition coefficient (Wildman–Crippen LogP) is 2.63. The van der Waals surface area contributed by atoms with E-state index in [1.807, 2.05) is 17.5 Å². The summed E-state index contributed by atoms with van der Waals surface area (Å²) in [6, 6.07) is 8.21. The predicted molar refractivity (Wildman–Crippen MR) is 114 cm³/mol. The molecule has 1 aliphatic rings. The van der Waals surface area contributed by atoms with Crippen LogP contribution in [-0.2, 0) is 29.1 Å². The highest BCUT2D eigenvalue weighted by molar-refractivity contribution is 7.13. The lowest BCUT2D eigenvalue weighted by atomic mass is 10.0. The average molecular weight is 441 g/mol. The van der Waals surface area contributed by atoms with Gasteiger partial charge in [0.1, 0.15) is 17.4 Å². The Morgan fingerprint density at radius 3 is 2.94 bits per heavy atom. The zero-order valence-electron chi connectivity index (χ0n) is 16.7. The van der Waals surface area contributed by atoms with E-state index in [4.69, 9.17) is 4.74 Å². The number of hydrogen-bond donors (Lipinski definition) is 2. The van der Waals surface area contributed by atoms with Gasteiger partial charge in [0.15, 0.2) is 5.13 Å². The second kappa shape index (κ2) is 9.09. The maximum atomic E-state index is 14.0. The number of halogens is 1. The van der Waals surface area contributed by atoms with Gasteiger partial charge in [-0.3, -0.25) is 9.59 Å². The van der Waals surface area contributed by atoms with Crippen LogP contribution in [0.3, 0.4) is 0 Å². The number of carbonyl (C=O) groups excluding carboxylic acids is 2. The van der Waals surface area contributed by atoms with Crippen LogP contribution in [0.2, 0.25) is 0 Å². The highest BCUT2D eigenvalue weighted by Crippen LogP contribution is 2.23. The monoisotopic (exact) mass is 441 g/mol. The van der Waals surface area contributed by atoms with Gasteiger partial charge in [0.25, 0.3) is 0 Å². The van der Waals surface area contributed by atoms with Gasteiger partial charge in [-0.15, -0.1) is 11.3 Å². The van der Waals surface area contributed by atoms with Crippen molar-refractivity contribution in [2.45, 2.75) is 19.5 Å². The molecule has 0 unspecified atom stereocenters. The molecule has 10 heteroatoms. The van der Waals surface area contributed by atoms with Crippen LogP contribution >= 0.6 is 11.3 Å². The van der Waals surface area contributed by atoms with Crippen LogP contribution in [0.5, 0.6) is 5.75 Å². The number of methoxy groups -OCH3 is 1. The van der Waals surface area contributed by atoms with Crippen LogP contribution in [0.15, 0.2) is 41.9 Å². The fraction of sp³-hybridized carbons (Fsp3) is 0.238. The summed E-state index contributed by atoms with van der Waals surface area (Å²) < 4.78 is 19.2. The first kappa shape index (κ1) is 20.7. The Balaban J connectivity index is 1.40. The lowest BCUT2D eigenvalue weighted by molar-refractivity contribution is -0.146. The Kier molecular flexibility index (Phi) is 6.08. The molecule has 3 heterocycles. The van der Waals surface area contributed by atoms with E-state index in [2.05, 4.69) is 20.6 Å². The SMILES string of the molecule is COc1cccc(F)c1CNC(=O)C(=O)N1CCc2ccc(Nc3nccs3)nc2C1. The number of nitrogens with zero attached hydrogens (tertiary/aromatic N) is 3. The molecule has 0 saturated carbocycles. The number of carbonyl (C=O) groups is 2. The molecule has 160 valence electrons. The maximum Gasteiger partial charge on any atom is 0.312 e. The minimum absolute atomic E-state index is 0.148. The Hall–Kier alpha value is -3.53. The first-order chi connectivity index (χ1) is 15.0. The van der Waals surface area contributed by atoms with Gasteiger partial charge in [0.2, 0.25) is 0 Å². The van der Waals surface area contributed by atoms with Crippen LogP contribution in [-0.4, -0.2) is 40.3 Å². The van der Waals surface area contributed by atoms with Gasteiger partial charge in [0, 0.05) is 30.2 Å². The third-order valence-corrected chi connectivity index (χ3v) is 5.62. The number of ether oxygens (including phenoxy) is 1. The third-order valence-electron chi connectivity index (χ3n) is 4.93. The number of pyridine rings is 1. The third kappa shape index (κ3) is 4.64. The van der Waals surface area contributed by atoms with Crippen molar-refractivity contribution in [2.24, 2.45) is 0 Å². The van der Waals surface area contributed by atoms with Crippen LogP contribution < -0.4 is 15.4 Å². The van der Waals surface area contributed by atoms with E-state index in [0.29, 0.717) is 24.5 Å². The molecule has 1 aliphatic heterocycles. The number of fused-ring (bicyclic) bond motifs is 1. The number of thiazole rings is 1. The van der Waals surface area contributed by atoms with Gasteiger partial charge in [0.05, 0.1) is 19.3 Å². The summed E-state index contributed by atoms with van der Waals surface area (Å²) in [6.07, 6.45) is 2.29. The molecule has 0 bridgehead atoms. The highest BCUT2D eigenvalue weighted by atomic mass is 32.1. The summed E-state index contributed by atoms with van der Waals surface area (Å²) in [5.41, 5.74) is 1.95. The molecule has 4 rings (SSSR count). The van der Waals surface area contributed by atoms with E-state index in [-0.39, 0.29) is 18.7 Å². The van der Waals surface area contributed by atoms with Crippen molar-refractivity contribution < 1.29 is 18.7 Å². The zero-order valence-corrected chi connectivity index (χ0v) is 17.5. The summed E-state index contributed by atoms with van der Waals surface area (Å²) in [6.45, 7) is 0.478. The normalized spacial score (nSPS) is 12.8. The number of aromatic nitrogens is 2. The number of anilines is 2. The fourth-order valence-corrected chi connectivity index (χ4v) is 3.87. The van der Waals surface area contributed by atoms with Crippen molar-refractivity contribution in [1.82, 2.24) is 20.2 Å². The number of rotatable bonds is 5. The summed E-state index contributed by atoms with van der Waals surface area (Å²) in [7, 11) is 1.42. The van der Waals surface area contributed by atoms with Crippen molar-refractivity contribution in [3.63, 3.8) is 0 Å². The molecular formula is C21H20FN5O3S. The summed E-state index contributed by atoms with van der Waals surface area (Å²) in [5.74, 6) is -1.06. The van der Waals surface area contributed by atoms with Crippen molar-refractivity contribution in [3.05, 3.63) is 64.5 Å². The Morgan fingerprint density at radius 1 is 1.29 bits per heavy atom. The van der Waals surface area contributed by atoms with E-state index in [1.54, 1.807) is 12.3 Å². The smallest absolute Gasteiger partial charge is 0.312 e. The minimum Gasteiger partial charge on any atom is -0.496 e. The Labute approximate surface area is 182 Å². The molecule has 2 aromatic heterocycles. The Morgan fingerprint density at radius 2 is 2.16 bits per heavy atom. The van der Waals surface area contributed by atoms with Crippen LogP contribution in [0.4, 0.5) is 15.3 Å². The number of hydrogen-bond acceptors (Lipinski definition) is 7. The summed E-state index contributed by atoms with van der Waals surface area (Å²) >= 11 is 1.46. The number of amides is 2. The van der Waals surface area contributed by atoms with Gasteiger partial charge in [-0.25, -0.2) is 14.4 Å². The lowest BCUT2D eigenvalue weighted by Crippen LogP contribution is -2.45. The average Bonchev–Trinajstić information content (AvgIpc) is 3.30. The molecule has 0 spiro atoms. The maximum absolute atomic E-state index is 14.0. The molecule has 8 nitrogen and oxygen atoms in total. The van der Waals surface area contributed by atoms with Crippen molar-refractivity contribution in [3.8, 4) is 5.75 Å². The van der Waals surface area contributed by atoms with Crippen LogP contribution in [0.25, 0.3) is 0 Å². The second-order valence-corrected chi connectivity index (χ2v) is 7.74. The molecule has 2 amide bonds. The number of nitrogens with one attached hydrogen (secondary N) is 2. The molecular weight excluding hydrogens is 421 g/mol. The minimum atomic E-state index is -0.800. The van der Waals surface area contributed by atoms with Crippen LogP contribution in [0, 0.1) is 5.82 Å². The van der Waals surface area contributed by atoms with E-state index in [9.17, 15) is 14.0 Å². The molecule has 0 fully saturated rings. The molecule has 3 aromatic rings. The molecule has 31 heavy (non-hydrogen) atoms. The van der Waals surface area contributed by atoms with Gasteiger partial charge in [-0.05, 0) is 30.2 Å². The quantitative estimate of drug-likeness (QED) is 0.591. The first-order valence-corrected chi connectivity index (χ1v) is 10.5. The van der Waals surface area contributed by atoms with E-state index < -0.39 is 17.6 Å². The van der Waals surface area contributed by atoms with E-state index >= 15 is 0 Å². The lowest BCUT2D eigenvalue weighted by Gasteiger charge is -2.28. The van der Waals surface area contributed by atoms with Gasteiger partial charge in [-0.1, -0.05) is 12.1 Å². The number of benzene rings is 1. The molecule has 0 radical (unpaired) electrons. The second-order valence-electron chi connectivity index (χ2n) is 6.84. The highest BCUT2D eigenvalue weighted by Gasteiger charge is 2.27. The Bertz CT molecular complexity index is 1110. The van der Waals surface area contributed by atoms with Gasteiger partial charge < -0.3 is 20.3 Å². The fourth-order valence-electron chi connectivity index (χ4n) is 3.34. The van der Waals surface area contributed by atoms with Crippen molar-refractivity contribution >= 4 is 34.1 Å². The van der Waals surface area contributed by atoms with Gasteiger partial charge >= 0.3 is 11.8 Å². The van der Waals surface area contributed by atoms with E-state index in [1.165, 1.54) is 35.5 Å². The summed E-state index contributed by atoms with van der Waals surface area (Å²) in [4.78, 5) is 35.2. The van der Waals surface area contributed by atoms with Crippen molar-refractivity contribution in [2.75, 3.05) is 19.0 Å². The van der Waals surface area contributed by atoms with E-state index in [0.717, 1.165) is 16.4 Å². The van der Waals surface area contributed by atoms with Gasteiger partial charge in [-0.2, -0.15) is 0 Å². The molecule has 0 saturated heterocycles. The topological polar surface area (TPSA) is 96.5 Å². The largest absolute Gasteiger partial charge is 0.496 e. The molecule has 0 atom stereocenters. The zero-order chi connectivity index (χ0) is 21.8. The first-order valence-electron chi connectivity index (χ1n) is 9.59. The molecule has 0 aliphatic carbocycles. The molecule has 1 aromatic carbocycles. The van der Waals surface area contributed by atoms with Crippen molar-refractivity contribution in [1.29, 1.82) is 0 Å². The van der Waals surface area contributed by atoms with Crippen LogP contribution in [0.1, 0.15) is 16.8 Å².